The molecule has 3 aromatic rings. The van der Waals surface area contributed by atoms with Crippen molar-refractivity contribution in [3.63, 3.8) is 0 Å². The van der Waals surface area contributed by atoms with E-state index < -0.39 is 0 Å². The monoisotopic (exact) mass is 460 g/mol. The summed E-state index contributed by atoms with van der Waals surface area (Å²) in [7, 11) is 0. The average Bonchev–Trinajstić information content (AvgIpc) is 2.88. The summed E-state index contributed by atoms with van der Waals surface area (Å²) in [6.07, 6.45) is 2.89. The van der Waals surface area contributed by atoms with Crippen LogP contribution in [0.5, 0.6) is 0 Å². The molecular weight excluding hydrogens is 416 g/mol. The highest BCUT2D eigenvalue weighted by Gasteiger charge is 2.27. The van der Waals surface area contributed by atoms with Crippen molar-refractivity contribution >= 4 is 17.5 Å². The Bertz CT molecular complexity index is 1060. The van der Waals surface area contributed by atoms with Crippen LogP contribution in [-0.4, -0.2) is 16.5 Å². The van der Waals surface area contributed by atoms with Gasteiger partial charge in [0.1, 0.15) is 5.82 Å². The van der Waals surface area contributed by atoms with Gasteiger partial charge in [-0.25, -0.2) is 4.98 Å². The Morgan fingerprint density at radius 1 is 0.941 bits per heavy atom. The molecule has 0 fully saturated rings. The summed E-state index contributed by atoms with van der Waals surface area (Å²) in [6, 6.07) is 15.5. The van der Waals surface area contributed by atoms with E-state index in [2.05, 4.69) is 87.3 Å². The van der Waals surface area contributed by atoms with E-state index in [4.69, 9.17) is 9.97 Å². The molecule has 184 valence electrons. The molecule has 1 N–H and O–H groups in total. The van der Waals surface area contributed by atoms with Gasteiger partial charge in [-0.05, 0) is 62.8 Å². The van der Waals surface area contributed by atoms with E-state index in [1.54, 1.807) is 0 Å². The molecule has 2 aromatic carbocycles. The normalized spacial score (nSPS) is 14.3. The first-order valence-corrected chi connectivity index (χ1v) is 13.1. The zero-order chi connectivity index (χ0) is 25.3. The molecule has 0 aliphatic carbocycles. The van der Waals surface area contributed by atoms with Gasteiger partial charge in [-0.15, -0.1) is 0 Å². The highest BCUT2D eigenvalue weighted by Crippen LogP contribution is 2.36. The Hall–Kier alpha value is -2.88. The molecule has 0 spiro atoms. The Morgan fingerprint density at radius 2 is 1.65 bits per heavy atom. The lowest BCUT2D eigenvalue weighted by molar-refractivity contribution is 0.612. The number of fused-ring (bicyclic) bond motifs is 1. The molecule has 0 amide bonds. The van der Waals surface area contributed by atoms with Crippen molar-refractivity contribution in [3.8, 4) is 0 Å². The average molecular weight is 461 g/mol. The number of aryl methyl sites for hydroxylation is 3. The standard InChI is InChI=1S/C26H32N4.2C2H6/c1-6-21-23(7-2)27-26(28-24-13-12-17(3)16-18(24)4)29-25(21)30-15-14-20-10-8-9-11-22(20)19(30)5;2*1-2/h8-13,16,19H,6-7,14-15H2,1-5H3,(H,27,28,29);2*1-2H3. The van der Waals surface area contributed by atoms with E-state index in [0.29, 0.717) is 12.0 Å². The minimum Gasteiger partial charge on any atom is -0.349 e. The third-order valence-corrected chi connectivity index (χ3v) is 6.25. The van der Waals surface area contributed by atoms with E-state index in [9.17, 15) is 0 Å². The maximum atomic E-state index is 5.06. The minimum absolute atomic E-state index is 0.300. The maximum absolute atomic E-state index is 5.06. The Kier molecular flexibility index (Phi) is 10.6. The molecule has 1 unspecified atom stereocenters. The summed E-state index contributed by atoms with van der Waals surface area (Å²) in [4.78, 5) is 12.4. The van der Waals surface area contributed by atoms with Gasteiger partial charge in [-0.2, -0.15) is 4.98 Å². The zero-order valence-electron chi connectivity index (χ0n) is 22.8. The Morgan fingerprint density at radius 3 is 2.29 bits per heavy atom. The third kappa shape index (κ3) is 5.97. The first-order chi connectivity index (χ1) is 16.5. The number of nitrogens with one attached hydrogen (secondary N) is 1. The van der Waals surface area contributed by atoms with Crippen molar-refractivity contribution in [1.82, 2.24) is 9.97 Å². The van der Waals surface area contributed by atoms with Crippen molar-refractivity contribution in [1.29, 1.82) is 0 Å². The van der Waals surface area contributed by atoms with E-state index in [1.165, 1.54) is 27.8 Å². The van der Waals surface area contributed by atoms with Gasteiger partial charge in [-0.3, -0.25) is 0 Å². The summed E-state index contributed by atoms with van der Waals surface area (Å²) in [5.74, 6) is 1.77. The second-order valence-corrected chi connectivity index (χ2v) is 8.26. The summed E-state index contributed by atoms with van der Waals surface area (Å²) in [5, 5.41) is 3.49. The van der Waals surface area contributed by atoms with Gasteiger partial charge < -0.3 is 10.2 Å². The minimum atomic E-state index is 0.300. The van der Waals surface area contributed by atoms with Crippen LogP contribution in [0, 0.1) is 13.8 Å². The second kappa shape index (κ2) is 13.1. The first-order valence-electron chi connectivity index (χ1n) is 13.1. The van der Waals surface area contributed by atoms with Crippen molar-refractivity contribution in [2.24, 2.45) is 0 Å². The molecule has 0 bridgehead atoms. The van der Waals surface area contributed by atoms with Gasteiger partial charge in [0.15, 0.2) is 0 Å². The molecule has 1 aliphatic rings. The fraction of sp³-hybridized carbons (Fsp3) is 0.467. The molecule has 4 nitrogen and oxygen atoms in total. The number of nitrogens with zero attached hydrogens (tertiary/aromatic N) is 3. The predicted octanol–water partition coefficient (Wildman–Crippen LogP) is 8.14. The molecule has 4 heteroatoms. The molecule has 4 rings (SSSR count). The third-order valence-electron chi connectivity index (χ3n) is 6.25. The van der Waals surface area contributed by atoms with E-state index in [1.807, 2.05) is 27.7 Å². The van der Waals surface area contributed by atoms with Crippen LogP contribution in [0.1, 0.15) is 88.0 Å². The van der Waals surface area contributed by atoms with E-state index in [0.717, 1.165) is 43.0 Å². The summed E-state index contributed by atoms with van der Waals surface area (Å²) in [6.45, 7) is 19.9. The lowest BCUT2D eigenvalue weighted by atomic mass is 9.93. The van der Waals surface area contributed by atoms with Gasteiger partial charge in [-0.1, -0.05) is 83.5 Å². The molecule has 0 saturated carbocycles. The first kappa shape index (κ1) is 27.4. The molecule has 0 radical (unpaired) electrons. The van der Waals surface area contributed by atoms with E-state index in [-0.39, 0.29) is 0 Å². The van der Waals surface area contributed by atoms with Crippen LogP contribution < -0.4 is 10.2 Å². The van der Waals surface area contributed by atoms with Crippen molar-refractivity contribution in [2.75, 3.05) is 16.8 Å². The fourth-order valence-electron chi connectivity index (χ4n) is 4.60. The lowest BCUT2D eigenvalue weighted by Crippen LogP contribution is -2.35. The molecule has 0 saturated heterocycles. The quantitative estimate of drug-likeness (QED) is 0.417. The summed E-state index contributed by atoms with van der Waals surface area (Å²) >= 11 is 0. The van der Waals surface area contributed by atoms with Crippen LogP contribution >= 0.6 is 0 Å². The highest BCUT2D eigenvalue weighted by atomic mass is 15.3. The number of anilines is 3. The summed E-state index contributed by atoms with van der Waals surface area (Å²) in [5.41, 5.74) is 8.81. The second-order valence-electron chi connectivity index (χ2n) is 8.26. The van der Waals surface area contributed by atoms with Crippen molar-refractivity contribution in [2.45, 2.75) is 87.6 Å². The van der Waals surface area contributed by atoms with Gasteiger partial charge in [0.25, 0.3) is 0 Å². The lowest BCUT2D eigenvalue weighted by Gasteiger charge is -2.37. The summed E-state index contributed by atoms with van der Waals surface area (Å²) < 4.78 is 0. The van der Waals surface area contributed by atoms with E-state index >= 15 is 0 Å². The Labute approximate surface area is 207 Å². The number of benzene rings is 2. The van der Waals surface area contributed by atoms with Crippen LogP contribution in [-0.2, 0) is 19.3 Å². The number of hydrogen-bond acceptors (Lipinski definition) is 4. The number of rotatable bonds is 5. The van der Waals surface area contributed by atoms with Gasteiger partial charge in [0.05, 0.1) is 11.7 Å². The molecule has 2 heterocycles. The van der Waals surface area contributed by atoms with Gasteiger partial charge in [0, 0.05) is 17.8 Å². The molecule has 34 heavy (non-hydrogen) atoms. The van der Waals surface area contributed by atoms with Crippen LogP contribution in [0.25, 0.3) is 0 Å². The Balaban J connectivity index is 0.000000970. The molecule has 1 atom stereocenters. The SMILES string of the molecule is CC.CC.CCc1nc(Nc2ccc(C)cc2C)nc(N2CCc3ccccc3C2C)c1CC. The van der Waals surface area contributed by atoms with Crippen molar-refractivity contribution < 1.29 is 0 Å². The van der Waals surface area contributed by atoms with Gasteiger partial charge in [0.2, 0.25) is 5.95 Å². The van der Waals surface area contributed by atoms with Crippen molar-refractivity contribution in [3.05, 3.63) is 76.0 Å². The number of hydrogen-bond donors (Lipinski definition) is 1. The molecular formula is C30H44N4. The van der Waals surface area contributed by atoms with Crippen LogP contribution in [0.4, 0.5) is 17.5 Å². The van der Waals surface area contributed by atoms with Gasteiger partial charge >= 0.3 is 0 Å². The smallest absolute Gasteiger partial charge is 0.229 e. The maximum Gasteiger partial charge on any atom is 0.229 e. The zero-order valence-corrected chi connectivity index (χ0v) is 22.8. The number of aromatic nitrogens is 2. The highest BCUT2D eigenvalue weighted by molar-refractivity contribution is 5.62. The predicted molar refractivity (Wildman–Crippen MR) is 149 cm³/mol. The van der Waals surface area contributed by atoms with Crippen LogP contribution in [0.15, 0.2) is 42.5 Å². The van der Waals surface area contributed by atoms with Crippen LogP contribution in [0.3, 0.4) is 0 Å². The van der Waals surface area contributed by atoms with Crippen LogP contribution in [0.2, 0.25) is 0 Å². The largest absolute Gasteiger partial charge is 0.349 e. The fourth-order valence-corrected chi connectivity index (χ4v) is 4.60. The molecule has 1 aliphatic heterocycles. The molecule has 1 aromatic heterocycles. The topological polar surface area (TPSA) is 41.1 Å².